The summed E-state index contributed by atoms with van der Waals surface area (Å²) in [5.41, 5.74) is 10.1. The molecule has 0 saturated carbocycles. The highest BCUT2D eigenvalue weighted by Crippen LogP contribution is 2.35. The zero-order valence-electron chi connectivity index (χ0n) is 10.9. The highest BCUT2D eigenvalue weighted by Gasteiger charge is 2.23. The molecule has 8 N–H and O–H groups in total. The molecule has 0 bridgehead atoms. The molecule has 1 rings (SSSR count). The third kappa shape index (κ3) is 2.78. The van der Waals surface area contributed by atoms with Crippen LogP contribution in [-0.4, -0.2) is 31.3 Å². The number of hydrogen-bond donors (Lipinski definition) is 4. The predicted molar refractivity (Wildman–Crippen MR) is 69.8 cm³/mol. The molecule has 11 heteroatoms. The van der Waals surface area contributed by atoms with E-state index in [1.165, 1.54) is 20.3 Å². The van der Waals surface area contributed by atoms with Crippen LogP contribution < -0.4 is 42.6 Å². The smallest absolute Gasteiger partial charge is 0.333 e. The van der Waals surface area contributed by atoms with E-state index in [0.29, 0.717) is 10.0 Å². The summed E-state index contributed by atoms with van der Waals surface area (Å²) in [5.74, 6) is 10.8. The van der Waals surface area contributed by atoms with Gasteiger partial charge >= 0.3 is 12.1 Å². The Morgan fingerprint density at radius 2 is 1.35 bits per heavy atom. The van der Waals surface area contributed by atoms with Crippen molar-refractivity contribution < 1.29 is 19.1 Å². The standard InChI is InChI=1S/C9H15N7O4/c1-19-6-4(15(12)8(10)17)3-5(7(14-6)20-2)16(13)9(11)18/h3H,12-13H2,1-2H3,(H2,10,17)(H2,11,18). The summed E-state index contributed by atoms with van der Waals surface area (Å²) in [6, 6.07) is -0.715. The number of rotatable bonds is 4. The molecule has 0 aliphatic carbocycles. The van der Waals surface area contributed by atoms with E-state index < -0.39 is 12.1 Å². The number of urea groups is 2. The fourth-order valence-electron chi connectivity index (χ4n) is 1.34. The molecule has 1 heterocycles. The van der Waals surface area contributed by atoms with E-state index in [2.05, 4.69) is 4.98 Å². The van der Waals surface area contributed by atoms with E-state index in [1.54, 1.807) is 0 Å². The van der Waals surface area contributed by atoms with E-state index in [1.807, 2.05) is 0 Å². The van der Waals surface area contributed by atoms with Crippen molar-refractivity contribution in [3.8, 4) is 11.8 Å². The van der Waals surface area contributed by atoms with Crippen LogP contribution in [0.2, 0.25) is 0 Å². The Bertz CT molecular complexity index is 492. The number of carbonyl (C=O) groups excluding carboxylic acids is 2. The van der Waals surface area contributed by atoms with Gasteiger partial charge in [0.05, 0.1) is 14.2 Å². The monoisotopic (exact) mass is 285 g/mol. The maximum Gasteiger partial charge on any atom is 0.333 e. The number of carbonyl (C=O) groups is 2. The van der Waals surface area contributed by atoms with Crippen LogP contribution in [0.5, 0.6) is 11.8 Å². The lowest BCUT2D eigenvalue weighted by atomic mass is 10.3. The van der Waals surface area contributed by atoms with E-state index in [9.17, 15) is 9.59 Å². The fourth-order valence-corrected chi connectivity index (χ4v) is 1.34. The summed E-state index contributed by atoms with van der Waals surface area (Å²) >= 11 is 0. The minimum Gasteiger partial charge on any atom is -0.479 e. The highest BCUT2D eigenvalue weighted by molar-refractivity contribution is 5.95. The largest absolute Gasteiger partial charge is 0.479 e. The average Bonchev–Trinajstić information content (AvgIpc) is 2.43. The first-order valence-corrected chi connectivity index (χ1v) is 5.15. The van der Waals surface area contributed by atoms with Crippen molar-refractivity contribution in [2.75, 3.05) is 24.2 Å². The molecule has 0 radical (unpaired) electrons. The molecule has 20 heavy (non-hydrogen) atoms. The van der Waals surface area contributed by atoms with Crippen LogP contribution in [-0.2, 0) is 0 Å². The van der Waals surface area contributed by atoms with Crippen molar-refractivity contribution >= 4 is 23.4 Å². The Hall–Kier alpha value is -2.79. The van der Waals surface area contributed by atoms with E-state index in [-0.39, 0.29) is 23.1 Å². The van der Waals surface area contributed by atoms with Crippen LogP contribution in [0.25, 0.3) is 0 Å². The molecule has 0 unspecified atom stereocenters. The molecule has 4 amide bonds. The maximum absolute atomic E-state index is 11.1. The highest BCUT2D eigenvalue weighted by atomic mass is 16.5. The van der Waals surface area contributed by atoms with Crippen molar-refractivity contribution in [1.82, 2.24) is 4.98 Å². The summed E-state index contributed by atoms with van der Waals surface area (Å²) in [7, 11) is 2.60. The summed E-state index contributed by atoms with van der Waals surface area (Å²) in [6.07, 6.45) is 0. The second-order valence-electron chi connectivity index (χ2n) is 3.46. The number of nitrogens with two attached hydrogens (primary N) is 4. The van der Waals surface area contributed by atoms with Crippen molar-refractivity contribution in [3.63, 3.8) is 0 Å². The summed E-state index contributed by atoms with van der Waals surface area (Å²) < 4.78 is 9.92. The molecule has 0 saturated heterocycles. The van der Waals surface area contributed by atoms with Crippen LogP contribution in [0.3, 0.4) is 0 Å². The van der Waals surface area contributed by atoms with Gasteiger partial charge in [-0.05, 0) is 6.07 Å². The van der Waals surface area contributed by atoms with E-state index >= 15 is 0 Å². The van der Waals surface area contributed by atoms with Gasteiger partial charge in [-0.2, -0.15) is 4.98 Å². The van der Waals surface area contributed by atoms with Gasteiger partial charge in [0.2, 0.25) is 11.8 Å². The quantitative estimate of drug-likeness (QED) is 0.299. The molecule has 0 spiro atoms. The number of ether oxygens (including phenoxy) is 2. The van der Waals surface area contributed by atoms with Gasteiger partial charge in [0, 0.05) is 0 Å². The maximum atomic E-state index is 11.1. The van der Waals surface area contributed by atoms with Crippen LogP contribution in [0.4, 0.5) is 21.0 Å². The van der Waals surface area contributed by atoms with Crippen molar-refractivity contribution in [1.29, 1.82) is 0 Å². The first-order chi connectivity index (χ1) is 9.33. The van der Waals surface area contributed by atoms with E-state index in [4.69, 9.17) is 32.6 Å². The number of anilines is 2. The van der Waals surface area contributed by atoms with Crippen molar-refractivity contribution in [2.24, 2.45) is 23.2 Å². The molecule has 0 aliphatic heterocycles. The van der Waals surface area contributed by atoms with Crippen LogP contribution >= 0.6 is 0 Å². The summed E-state index contributed by atoms with van der Waals surface area (Å²) in [5, 5.41) is 1.15. The first kappa shape index (κ1) is 15.3. The van der Waals surface area contributed by atoms with Crippen LogP contribution in [0, 0.1) is 0 Å². The molecule has 1 aromatic rings. The third-order valence-electron chi connectivity index (χ3n) is 2.30. The van der Waals surface area contributed by atoms with Crippen molar-refractivity contribution in [3.05, 3.63) is 6.07 Å². The van der Waals surface area contributed by atoms with Gasteiger partial charge in [0.1, 0.15) is 11.4 Å². The fraction of sp³-hybridized carbons (Fsp3) is 0.222. The summed E-state index contributed by atoms with van der Waals surface area (Å²) in [4.78, 5) is 26.1. The Kier molecular flexibility index (Phi) is 4.50. The molecule has 110 valence electrons. The van der Waals surface area contributed by atoms with Gasteiger partial charge < -0.3 is 20.9 Å². The lowest BCUT2D eigenvalue weighted by molar-refractivity contribution is 0.253. The van der Waals surface area contributed by atoms with Gasteiger partial charge in [-0.15, -0.1) is 0 Å². The van der Waals surface area contributed by atoms with Gasteiger partial charge in [-0.3, -0.25) is 0 Å². The zero-order valence-corrected chi connectivity index (χ0v) is 10.9. The molecule has 1 aromatic heterocycles. The Labute approximate surface area is 113 Å². The van der Waals surface area contributed by atoms with E-state index in [0.717, 1.165) is 0 Å². The number of methoxy groups -OCH3 is 2. The van der Waals surface area contributed by atoms with Crippen molar-refractivity contribution in [2.45, 2.75) is 0 Å². The van der Waals surface area contributed by atoms with Crippen LogP contribution in [0.1, 0.15) is 0 Å². The molecule has 0 aromatic carbocycles. The third-order valence-corrected chi connectivity index (χ3v) is 2.30. The van der Waals surface area contributed by atoms with Gasteiger partial charge in [0.25, 0.3) is 0 Å². The first-order valence-electron chi connectivity index (χ1n) is 5.15. The normalized spacial score (nSPS) is 9.80. The minimum atomic E-state index is -0.969. The number of hydrogen-bond acceptors (Lipinski definition) is 7. The molecular formula is C9H15N7O4. The second kappa shape index (κ2) is 5.90. The summed E-state index contributed by atoms with van der Waals surface area (Å²) in [6.45, 7) is 0. The van der Waals surface area contributed by atoms with Crippen LogP contribution in [0.15, 0.2) is 6.07 Å². The predicted octanol–water partition coefficient (Wildman–Crippen LogP) is -1.38. The number of nitrogens with zero attached hydrogens (tertiary/aromatic N) is 3. The number of primary amides is 2. The van der Waals surface area contributed by atoms with Gasteiger partial charge in [-0.1, -0.05) is 0 Å². The van der Waals surface area contributed by atoms with Gasteiger partial charge in [-0.25, -0.2) is 31.3 Å². The zero-order chi connectivity index (χ0) is 15.4. The van der Waals surface area contributed by atoms with Gasteiger partial charge in [0.15, 0.2) is 0 Å². The molecule has 11 nitrogen and oxygen atoms in total. The molecular weight excluding hydrogens is 270 g/mol. The average molecular weight is 285 g/mol. The lowest BCUT2D eigenvalue weighted by Gasteiger charge is -2.21. The SMILES string of the molecule is COc1nc(OC)c(N(N)C(N)=O)cc1N(N)C(N)=O. The number of aromatic nitrogens is 1. The Balaban J connectivity index is 3.48. The minimum absolute atomic E-state index is 0.0208. The Morgan fingerprint density at radius 3 is 1.60 bits per heavy atom. The molecule has 0 fully saturated rings. The number of pyridine rings is 1. The lowest BCUT2D eigenvalue weighted by Crippen LogP contribution is -2.43. The topological polar surface area (TPSA) is 176 Å². The Morgan fingerprint density at radius 1 is 1.00 bits per heavy atom. The number of hydrazine groups is 2. The molecule has 0 aliphatic rings. The second-order valence-corrected chi connectivity index (χ2v) is 3.46. The molecule has 0 atom stereocenters. The number of amides is 4.